The molecule has 0 atom stereocenters. The number of benzene rings is 1. The lowest BCUT2D eigenvalue weighted by atomic mass is 9.79. The summed E-state index contributed by atoms with van der Waals surface area (Å²) in [7, 11) is 1.73. The highest BCUT2D eigenvalue weighted by atomic mass is 35.5. The molecule has 136 valence electrons. The van der Waals surface area contributed by atoms with Crippen molar-refractivity contribution in [1.29, 1.82) is 0 Å². The summed E-state index contributed by atoms with van der Waals surface area (Å²) in [5, 5.41) is 6.40. The summed E-state index contributed by atoms with van der Waals surface area (Å²) in [4.78, 5) is 12.0. The van der Waals surface area contributed by atoms with E-state index in [0.717, 1.165) is 31.5 Å². The Morgan fingerprint density at radius 2 is 1.96 bits per heavy atom. The monoisotopic (exact) mass is 356 g/mol. The highest BCUT2D eigenvalue weighted by Gasteiger charge is 2.32. The Morgan fingerprint density at radius 3 is 2.62 bits per heavy atom. The van der Waals surface area contributed by atoms with E-state index in [1.807, 2.05) is 30.3 Å². The molecular weight excluding hydrogens is 328 g/mol. The maximum absolute atomic E-state index is 12.0. The first-order valence-corrected chi connectivity index (χ1v) is 8.32. The summed E-state index contributed by atoms with van der Waals surface area (Å²) in [6.45, 7) is 4.34. The average molecular weight is 357 g/mol. The third-order valence-corrected chi connectivity index (χ3v) is 4.36. The maximum atomic E-state index is 12.0. The number of hydrogen-bond donors (Lipinski definition) is 2. The fraction of sp³-hybridized carbons (Fsp3) is 0.611. The van der Waals surface area contributed by atoms with E-state index in [4.69, 9.17) is 9.47 Å². The SMILES string of the molecule is COCC1(CNC(=O)CCOCc2ccccc2)CCNCC1.Cl. The third-order valence-electron chi connectivity index (χ3n) is 4.36. The molecular formula is C18H29ClN2O3. The van der Waals surface area contributed by atoms with E-state index in [1.165, 1.54) is 0 Å². The number of halogens is 1. The van der Waals surface area contributed by atoms with Gasteiger partial charge in [-0.3, -0.25) is 4.79 Å². The van der Waals surface area contributed by atoms with E-state index in [1.54, 1.807) is 7.11 Å². The summed E-state index contributed by atoms with van der Waals surface area (Å²) >= 11 is 0. The second-order valence-corrected chi connectivity index (χ2v) is 6.25. The second kappa shape index (κ2) is 11.4. The van der Waals surface area contributed by atoms with Gasteiger partial charge < -0.3 is 20.1 Å². The van der Waals surface area contributed by atoms with Gasteiger partial charge in [-0.05, 0) is 31.5 Å². The van der Waals surface area contributed by atoms with Crippen molar-refractivity contribution >= 4 is 18.3 Å². The van der Waals surface area contributed by atoms with Crippen LogP contribution in [0.25, 0.3) is 0 Å². The Labute approximate surface area is 150 Å². The number of carbonyl (C=O) groups is 1. The molecule has 5 nitrogen and oxygen atoms in total. The predicted molar refractivity (Wildman–Crippen MR) is 97.4 cm³/mol. The van der Waals surface area contributed by atoms with E-state index in [2.05, 4.69) is 10.6 Å². The molecule has 24 heavy (non-hydrogen) atoms. The van der Waals surface area contributed by atoms with Crippen molar-refractivity contribution in [3.8, 4) is 0 Å². The van der Waals surface area contributed by atoms with Crippen LogP contribution < -0.4 is 10.6 Å². The molecule has 2 rings (SSSR count). The van der Waals surface area contributed by atoms with E-state index in [9.17, 15) is 4.79 Å². The molecule has 0 aromatic heterocycles. The van der Waals surface area contributed by atoms with Gasteiger partial charge in [0.1, 0.15) is 0 Å². The highest BCUT2D eigenvalue weighted by Crippen LogP contribution is 2.28. The zero-order chi connectivity index (χ0) is 16.4. The number of amides is 1. The molecule has 1 amide bonds. The number of carbonyl (C=O) groups excluding carboxylic acids is 1. The first-order valence-electron chi connectivity index (χ1n) is 8.32. The van der Waals surface area contributed by atoms with Crippen LogP contribution in [0.15, 0.2) is 30.3 Å². The second-order valence-electron chi connectivity index (χ2n) is 6.25. The predicted octanol–water partition coefficient (Wildman–Crippen LogP) is 2.15. The van der Waals surface area contributed by atoms with Crippen LogP contribution in [0.5, 0.6) is 0 Å². The van der Waals surface area contributed by atoms with Gasteiger partial charge in [0.25, 0.3) is 0 Å². The van der Waals surface area contributed by atoms with Gasteiger partial charge in [0, 0.05) is 25.5 Å². The van der Waals surface area contributed by atoms with Crippen LogP contribution in [0.1, 0.15) is 24.8 Å². The van der Waals surface area contributed by atoms with Crippen LogP contribution in [-0.2, 0) is 20.9 Å². The molecule has 1 fully saturated rings. The molecule has 0 aliphatic carbocycles. The molecule has 1 heterocycles. The number of methoxy groups -OCH3 is 1. The number of piperidine rings is 1. The quantitative estimate of drug-likeness (QED) is 0.666. The Kier molecular flexibility index (Phi) is 9.95. The van der Waals surface area contributed by atoms with E-state index >= 15 is 0 Å². The normalized spacial score (nSPS) is 16.2. The van der Waals surface area contributed by atoms with Gasteiger partial charge in [-0.15, -0.1) is 12.4 Å². The summed E-state index contributed by atoms with van der Waals surface area (Å²) in [5.74, 6) is 0.0482. The van der Waals surface area contributed by atoms with Crippen LogP contribution in [0.2, 0.25) is 0 Å². The van der Waals surface area contributed by atoms with Crippen molar-refractivity contribution in [3.63, 3.8) is 0 Å². The zero-order valence-electron chi connectivity index (χ0n) is 14.4. The molecule has 1 aliphatic heterocycles. The molecule has 2 N–H and O–H groups in total. The summed E-state index contributed by atoms with van der Waals surface area (Å²) in [6, 6.07) is 9.99. The lowest BCUT2D eigenvalue weighted by Gasteiger charge is -2.37. The molecule has 1 aromatic rings. The van der Waals surface area contributed by atoms with Crippen LogP contribution in [0.3, 0.4) is 0 Å². The fourth-order valence-electron chi connectivity index (χ4n) is 2.94. The van der Waals surface area contributed by atoms with E-state index < -0.39 is 0 Å². The van der Waals surface area contributed by atoms with Crippen LogP contribution >= 0.6 is 12.4 Å². The topological polar surface area (TPSA) is 59.6 Å². The van der Waals surface area contributed by atoms with Crippen molar-refractivity contribution in [2.75, 3.05) is 40.0 Å². The van der Waals surface area contributed by atoms with E-state index in [0.29, 0.717) is 32.8 Å². The number of ether oxygens (including phenoxy) is 2. The number of hydrogen-bond acceptors (Lipinski definition) is 4. The maximum Gasteiger partial charge on any atom is 0.222 e. The zero-order valence-corrected chi connectivity index (χ0v) is 15.2. The number of rotatable bonds is 9. The van der Waals surface area contributed by atoms with Gasteiger partial charge in [-0.1, -0.05) is 30.3 Å². The Balaban J connectivity index is 0.00000288. The standard InChI is InChI=1S/C18H28N2O3.ClH/c1-22-15-18(8-10-19-11-9-18)14-20-17(21)7-12-23-13-16-5-3-2-4-6-16;/h2-6,19H,7-15H2,1H3,(H,20,21);1H. The van der Waals surface area contributed by atoms with Gasteiger partial charge >= 0.3 is 0 Å². The molecule has 0 saturated carbocycles. The van der Waals surface area contributed by atoms with Crippen molar-refractivity contribution in [2.45, 2.75) is 25.9 Å². The van der Waals surface area contributed by atoms with Crippen LogP contribution in [-0.4, -0.2) is 45.9 Å². The molecule has 6 heteroatoms. The van der Waals surface area contributed by atoms with Gasteiger partial charge in [-0.2, -0.15) is 0 Å². The molecule has 0 radical (unpaired) electrons. The lowest BCUT2D eigenvalue weighted by Crippen LogP contribution is -2.47. The van der Waals surface area contributed by atoms with E-state index in [-0.39, 0.29) is 23.7 Å². The molecule has 0 spiro atoms. The summed E-state index contributed by atoms with van der Waals surface area (Å²) in [5.41, 5.74) is 1.20. The summed E-state index contributed by atoms with van der Waals surface area (Å²) < 4.78 is 10.9. The van der Waals surface area contributed by atoms with Gasteiger partial charge in [0.2, 0.25) is 5.91 Å². The minimum Gasteiger partial charge on any atom is -0.384 e. The summed E-state index contributed by atoms with van der Waals surface area (Å²) in [6.07, 6.45) is 2.46. The Morgan fingerprint density at radius 1 is 1.25 bits per heavy atom. The highest BCUT2D eigenvalue weighted by molar-refractivity contribution is 5.85. The van der Waals surface area contributed by atoms with Gasteiger partial charge in [-0.25, -0.2) is 0 Å². The third kappa shape index (κ3) is 7.18. The first kappa shape index (κ1) is 20.9. The van der Waals surface area contributed by atoms with Crippen molar-refractivity contribution in [1.82, 2.24) is 10.6 Å². The first-order chi connectivity index (χ1) is 11.2. The molecule has 0 unspecified atom stereocenters. The largest absolute Gasteiger partial charge is 0.384 e. The van der Waals surface area contributed by atoms with Crippen molar-refractivity contribution in [2.24, 2.45) is 5.41 Å². The molecule has 1 aromatic carbocycles. The molecule has 1 saturated heterocycles. The Bertz CT molecular complexity index is 459. The average Bonchev–Trinajstić information content (AvgIpc) is 2.59. The van der Waals surface area contributed by atoms with Gasteiger partial charge in [0.05, 0.1) is 19.8 Å². The lowest BCUT2D eigenvalue weighted by molar-refractivity contribution is -0.123. The molecule has 0 bridgehead atoms. The minimum atomic E-state index is 0. The van der Waals surface area contributed by atoms with Crippen molar-refractivity contribution < 1.29 is 14.3 Å². The smallest absolute Gasteiger partial charge is 0.222 e. The molecule has 1 aliphatic rings. The Hall–Kier alpha value is -1.14. The van der Waals surface area contributed by atoms with Gasteiger partial charge in [0.15, 0.2) is 0 Å². The fourth-order valence-corrected chi connectivity index (χ4v) is 2.94. The number of nitrogens with one attached hydrogen (secondary N) is 2. The minimum absolute atomic E-state index is 0. The van der Waals surface area contributed by atoms with Crippen LogP contribution in [0, 0.1) is 5.41 Å². The van der Waals surface area contributed by atoms with Crippen molar-refractivity contribution in [3.05, 3.63) is 35.9 Å². The van der Waals surface area contributed by atoms with Crippen LogP contribution in [0.4, 0.5) is 0 Å².